The Kier molecular flexibility index (Phi) is 3.86. The van der Waals surface area contributed by atoms with Crippen molar-refractivity contribution in [3.8, 4) is 5.88 Å². The minimum atomic E-state index is -0.353. The van der Waals surface area contributed by atoms with Crippen LogP contribution < -0.4 is 5.56 Å². The first-order valence-corrected chi connectivity index (χ1v) is 6.59. The monoisotopic (exact) mass is 312 g/mol. The Balaban J connectivity index is 2.09. The van der Waals surface area contributed by atoms with Crippen LogP contribution in [0.5, 0.6) is 5.88 Å². The molecule has 0 amide bonds. The molecule has 0 radical (unpaired) electrons. The maximum atomic E-state index is 11.1. The molecule has 0 aliphatic rings. The fraction of sp³-hybridized carbons (Fsp3) is 0.0909. The number of benzene rings is 1. The van der Waals surface area contributed by atoms with Crippen LogP contribution in [0.15, 0.2) is 44.8 Å². The van der Waals surface area contributed by atoms with Gasteiger partial charge < -0.3 is 10.1 Å². The molecule has 0 saturated carbocycles. The number of aromatic nitrogens is 2. The zero-order valence-electron chi connectivity index (χ0n) is 8.68. The van der Waals surface area contributed by atoms with Crippen LogP contribution in [-0.4, -0.2) is 15.1 Å². The Morgan fingerprint density at radius 1 is 1.41 bits per heavy atom. The summed E-state index contributed by atoms with van der Waals surface area (Å²) in [6, 6.07) is 8.91. The number of thioether (sulfide) groups is 1. The van der Waals surface area contributed by atoms with Gasteiger partial charge in [0.2, 0.25) is 5.88 Å². The summed E-state index contributed by atoms with van der Waals surface area (Å²) in [5.74, 6) is 0.414. The summed E-state index contributed by atoms with van der Waals surface area (Å²) in [5, 5.41) is 9.60. The molecule has 0 unspecified atom stereocenters. The Morgan fingerprint density at radius 2 is 2.24 bits per heavy atom. The molecule has 6 heteroatoms. The number of aromatic hydroxyl groups is 1. The van der Waals surface area contributed by atoms with Crippen molar-refractivity contribution in [3.63, 3.8) is 0 Å². The average molecular weight is 313 g/mol. The van der Waals surface area contributed by atoms with Crippen molar-refractivity contribution in [3.05, 3.63) is 50.7 Å². The average Bonchev–Trinajstić information content (AvgIpc) is 2.25. The van der Waals surface area contributed by atoms with Crippen LogP contribution in [0, 0.1) is 0 Å². The van der Waals surface area contributed by atoms with Crippen molar-refractivity contribution in [2.75, 3.05) is 0 Å². The largest absolute Gasteiger partial charge is 0.493 e. The lowest BCUT2D eigenvalue weighted by Gasteiger charge is -2.02. The minimum absolute atomic E-state index is 0.259. The summed E-state index contributed by atoms with van der Waals surface area (Å²) >= 11 is 4.75. The summed E-state index contributed by atoms with van der Waals surface area (Å²) in [4.78, 5) is 17.5. The third kappa shape index (κ3) is 3.61. The third-order valence-corrected chi connectivity index (χ3v) is 3.41. The molecule has 1 aromatic heterocycles. The van der Waals surface area contributed by atoms with Gasteiger partial charge in [-0.3, -0.25) is 4.79 Å². The minimum Gasteiger partial charge on any atom is -0.493 e. The third-order valence-electron chi connectivity index (χ3n) is 1.97. The highest BCUT2D eigenvalue weighted by molar-refractivity contribution is 9.10. The van der Waals surface area contributed by atoms with E-state index in [9.17, 15) is 9.90 Å². The predicted octanol–water partition coefficient (Wildman–Crippen LogP) is 2.53. The molecule has 2 N–H and O–H groups in total. The zero-order chi connectivity index (χ0) is 12.3. The second-order valence-electron chi connectivity index (χ2n) is 3.33. The van der Waals surface area contributed by atoms with Gasteiger partial charge in [0.25, 0.3) is 5.56 Å². The lowest BCUT2D eigenvalue weighted by molar-refractivity contribution is 0.444. The molecule has 1 aromatic carbocycles. The highest BCUT2D eigenvalue weighted by atomic mass is 79.9. The smallest absolute Gasteiger partial charge is 0.255 e. The van der Waals surface area contributed by atoms with Crippen LogP contribution >= 0.6 is 27.7 Å². The second-order valence-corrected chi connectivity index (χ2v) is 5.21. The number of hydrogen-bond acceptors (Lipinski definition) is 4. The lowest BCUT2D eigenvalue weighted by Crippen LogP contribution is -2.06. The Hall–Kier alpha value is -1.27. The SMILES string of the molecule is O=c1cc(O)nc(SCc2cccc(Br)c2)[nH]1. The van der Waals surface area contributed by atoms with Gasteiger partial charge in [0.15, 0.2) is 5.16 Å². The van der Waals surface area contributed by atoms with E-state index in [1.54, 1.807) is 0 Å². The van der Waals surface area contributed by atoms with E-state index in [-0.39, 0.29) is 11.4 Å². The van der Waals surface area contributed by atoms with Crippen molar-refractivity contribution in [2.45, 2.75) is 10.9 Å². The summed E-state index contributed by atoms with van der Waals surface area (Å²) in [7, 11) is 0. The van der Waals surface area contributed by atoms with Crippen molar-refractivity contribution >= 4 is 27.7 Å². The maximum Gasteiger partial charge on any atom is 0.255 e. The molecule has 0 bridgehead atoms. The zero-order valence-corrected chi connectivity index (χ0v) is 11.1. The molecule has 0 atom stereocenters. The van der Waals surface area contributed by atoms with Gasteiger partial charge in [-0.2, -0.15) is 4.98 Å². The summed E-state index contributed by atoms with van der Waals surface area (Å²) in [6.45, 7) is 0. The number of aromatic amines is 1. The molecule has 1 heterocycles. The predicted molar refractivity (Wildman–Crippen MR) is 70.2 cm³/mol. The molecule has 0 spiro atoms. The Labute approximate surface area is 110 Å². The maximum absolute atomic E-state index is 11.1. The standard InChI is InChI=1S/C11H9BrN2O2S/c12-8-3-1-2-7(4-8)6-17-11-13-9(15)5-10(16)14-11/h1-5H,6H2,(H2,13,14,15,16). The fourth-order valence-electron chi connectivity index (χ4n) is 1.27. The number of H-pyrrole nitrogens is 1. The topological polar surface area (TPSA) is 66.0 Å². The van der Waals surface area contributed by atoms with Crippen LogP contribution in [-0.2, 0) is 5.75 Å². The number of rotatable bonds is 3. The molecule has 0 aliphatic carbocycles. The number of nitrogens with one attached hydrogen (secondary N) is 1. The summed E-state index contributed by atoms with van der Waals surface area (Å²) in [5.41, 5.74) is 0.754. The molecule has 2 aromatic rings. The number of nitrogens with zero attached hydrogens (tertiary/aromatic N) is 1. The van der Waals surface area contributed by atoms with Crippen LogP contribution in [0.2, 0.25) is 0 Å². The Morgan fingerprint density at radius 3 is 2.94 bits per heavy atom. The van der Waals surface area contributed by atoms with Gasteiger partial charge in [0, 0.05) is 10.2 Å². The van der Waals surface area contributed by atoms with Gasteiger partial charge in [-0.05, 0) is 17.7 Å². The first-order valence-electron chi connectivity index (χ1n) is 4.81. The van der Waals surface area contributed by atoms with Crippen molar-refractivity contribution in [1.29, 1.82) is 0 Å². The van der Waals surface area contributed by atoms with E-state index < -0.39 is 0 Å². The molecule has 88 valence electrons. The van der Waals surface area contributed by atoms with Crippen molar-refractivity contribution in [1.82, 2.24) is 9.97 Å². The van der Waals surface area contributed by atoms with Gasteiger partial charge in [-0.15, -0.1) is 0 Å². The van der Waals surface area contributed by atoms with Gasteiger partial charge >= 0.3 is 0 Å². The molecular formula is C11H9BrN2O2S. The molecular weight excluding hydrogens is 304 g/mol. The first-order chi connectivity index (χ1) is 8.13. The van der Waals surface area contributed by atoms with Crippen LogP contribution in [0.25, 0.3) is 0 Å². The van der Waals surface area contributed by atoms with E-state index in [2.05, 4.69) is 25.9 Å². The van der Waals surface area contributed by atoms with Gasteiger partial charge in [0.05, 0.1) is 6.07 Å². The number of halogens is 1. The van der Waals surface area contributed by atoms with Gasteiger partial charge in [-0.25, -0.2) is 0 Å². The molecule has 2 rings (SSSR count). The van der Waals surface area contributed by atoms with E-state index >= 15 is 0 Å². The Bertz CT molecular complexity index is 586. The van der Waals surface area contributed by atoms with E-state index in [1.165, 1.54) is 11.8 Å². The van der Waals surface area contributed by atoms with Crippen LogP contribution in [0.3, 0.4) is 0 Å². The van der Waals surface area contributed by atoms with Crippen LogP contribution in [0.4, 0.5) is 0 Å². The van der Waals surface area contributed by atoms with Gasteiger partial charge in [-0.1, -0.05) is 39.8 Å². The van der Waals surface area contributed by atoms with E-state index in [1.807, 2.05) is 24.3 Å². The summed E-state index contributed by atoms with van der Waals surface area (Å²) < 4.78 is 1.01. The molecule has 17 heavy (non-hydrogen) atoms. The van der Waals surface area contributed by atoms with Crippen molar-refractivity contribution in [2.24, 2.45) is 0 Å². The highest BCUT2D eigenvalue weighted by Crippen LogP contribution is 2.21. The fourth-order valence-corrected chi connectivity index (χ4v) is 2.53. The first kappa shape index (κ1) is 12.2. The normalized spacial score (nSPS) is 10.4. The molecule has 0 aliphatic heterocycles. The molecule has 4 nitrogen and oxygen atoms in total. The van der Waals surface area contributed by atoms with Crippen molar-refractivity contribution < 1.29 is 5.11 Å². The van der Waals surface area contributed by atoms with E-state index in [0.717, 1.165) is 16.1 Å². The summed E-state index contributed by atoms with van der Waals surface area (Å²) in [6.07, 6.45) is 0. The second kappa shape index (κ2) is 5.37. The molecule has 0 fully saturated rings. The van der Waals surface area contributed by atoms with E-state index in [0.29, 0.717) is 10.9 Å². The highest BCUT2D eigenvalue weighted by Gasteiger charge is 2.01. The number of hydrogen-bond donors (Lipinski definition) is 2. The molecule has 0 saturated heterocycles. The van der Waals surface area contributed by atoms with Gasteiger partial charge in [0.1, 0.15) is 0 Å². The quantitative estimate of drug-likeness (QED) is 0.675. The lowest BCUT2D eigenvalue weighted by atomic mass is 10.2. The van der Waals surface area contributed by atoms with Crippen LogP contribution in [0.1, 0.15) is 5.56 Å². The van der Waals surface area contributed by atoms with E-state index in [4.69, 9.17) is 0 Å².